The highest BCUT2D eigenvalue weighted by Gasteiger charge is 2.03. The molecule has 0 aliphatic heterocycles. The Balaban J connectivity index is 2.06. The van der Waals surface area contributed by atoms with Gasteiger partial charge in [-0.25, -0.2) is 0 Å². The van der Waals surface area contributed by atoms with E-state index in [0.717, 1.165) is 25.8 Å². The molecule has 0 aromatic heterocycles. The van der Waals surface area contributed by atoms with E-state index in [1.807, 2.05) is 42.5 Å². The maximum absolute atomic E-state index is 10.7. The first-order chi connectivity index (χ1) is 10.0. The topological polar surface area (TPSA) is 26.3 Å². The number of benzene rings is 2. The fourth-order valence-electron chi connectivity index (χ4n) is 1.69. The van der Waals surface area contributed by atoms with Crippen LogP contribution in [0.3, 0.4) is 0 Å². The standard InChI is InChI=1S/C16H11Br2ClO2/c17-13-3-1-2-12(8-13)10-21-15-6-4-11(9-14(15)18)5-7-16(19)20/h1-9H,10H2/b7-5+. The Morgan fingerprint density at radius 2 is 2.00 bits per heavy atom. The highest BCUT2D eigenvalue weighted by Crippen LogP contribution is 2.27. The van der Waals surface area contributed by atoms with Crippen molar-refractivity contribution in [3.63, 3.8) is 0 Å². The van der Waals surface area contributed by atoms with Crippen molar-refractivity contribution < 1.29 is 9.53 Å². The minimum Gasteiger partial charge on any atom is -0.488 e. The van der Waals surface area contributed by atoms with Gasteiger partial charge < -0.3 is 4.74 Å². The summed E-state index contributed by atoms with van der Waals surface area (Å²) < 4.78 is 7.62. The molecule has 2 nitrogen and oxygen atoms in total. The molecule has 0 saturated heterocycles. The lowest BCUT2D eigenvalue weighted by Gasteiger charge is -2.09. The summed E-state index contributed by atoms with van der Waals surface area (Å²) in [4.78, 5) is 10.7. The van der Waals surface area contributed by atoms with Crippen LogP contribution in [0.4, 0.5) is 0 Å². The molecule has 0 aliphatic carbocycles. The van der Waals surface area contributed by atoms with Crippen LogP contribution in [0, 0.1) is 0 Å². The van der Waals surface area contributed by atoms with Crippen molar-refractivity contribution in [1.82, 2.24) is 0 Å². The fraction of sp³-hybridized carbons (Fsp3) is 0.0625. The van der Waals surface area contributed by atoms with Crippen molar-refractivity contribution >= 4 is 54.8 Å². The smallest absolute Gasteiger partial charge is 0.245 e. The maximum Gasteiger partial charge on any atom is 0.245 e. The van der Waals surface area contributed by atoms with Gasteiger partial charge in [-0.1, -0.05) is 40.2 Å². The second kappa shape index (κ2) is 7.78. The molecule has 2 aromatic carbocycles. The molecule has 5 heteroatoms. The normalized spacial score (nSPS) is 10.8. The van der Waals surface area contributed by atoms with Crippen LogP contribution in [0.2, 0.25) is 0 Å². The molecule has 0 unspecified atom stereocenters. The zero-order valence-corrected chi connectivity index (χ0v) is 14.8. The van der Waals surface area contributed by atoms with Crippen LogP contribution in [0.5, 0.6) is 5.75 Å². The van der Waals surface area contributed by atoms with Gasteiger partial charge in [0.05, 0.1) is 4.47 Å². The van der Waals surface area contributed by atoms with Crippen molar-refractivity contribution in [3.8, 4) is 5.75 Å². The molecule has 0 heterocycles. The minimum atomic E-state index is -0.499. The van der Waals surface area contributed by atoms with E-state index >= 15 is 0 Å². The third-order valence-electron chi connectivity index (χ3n) is 2.65. The Kier molecular flexibility index (Phi) is 6.03. The lowest BCUT2D eigenvalue weighted by molar-refractivity contribution is -0.107. The zero-order chi connectivity index (χ0) is 15.2. The molecule has 0 atom stereocenters. The quantitative estimate of drug-likeness (QED) is 0.458. The Labute approximate surface area is 145 Å². The average Bonchev–Trinajstić information content (AvgIpc) is 2.44. The molecule has 21 heavy (non-hydrogen) atoms. The summed E-state index contributed by atoms with van der Waals surface area (Å²) in [7, 11) is 0. The number of allylic oxidation sites excluding steroid dienone is 1. The third-order valence-corrected chi connectivity index (χ3v) is 3.89. The summed E-state index contributed by atoms with van der Waals surface area (Å²) in [6.07, 6.45) is 2.96. The molecule has 2 rings (SSSR count). The number of hydrogen-bond donors (Lipinski definition) is 0. The van der Waals surface area contributed by atoms with Gasteiger partial charge in [0, 0.05) is 4.47 Å². The molecule has 108 valence electrons. The second-order valence-corrected chi connectivity index (χ2v) is 6.39. The van der Waals surface area contributed by atoms with E-state index in [1.165, 1.54) is 6.08 Å². The largest absolute Gasteiger partial charge is 0.488 e. The molecule has 0 saturated carbocycles. The Bertz CT molecular complexity index is 684. The van der Waals surface area contributed by atoms with Gasteiger partial charge in [0.15, 0.2) is 0 Å². The van der Waals surface area contributed by atoms with Gasteiger partial charge in [0.2, 0.25) is 5.24 Å². The van der Waals surface area contributed by atoms with E-state index in [9.17, 15) is 4.79 Å². The third kappa shape index (κ3) is 5.30. The molecule has 0 fully saturated rings. The molecule has 0 aliphatic rings. The van der Waals surface area contributed by atoms with E-state index < -0.39 is 5.24 Å². The number of halogens is 3. The van der Waals surface area contributed by atoms with Crippen LogP contribution in [-0.2, 0) is 11.4 Å². The fourth-order valence-corrected chi connectivity index (χ4v) is 2.71. The van der Waals surface area contributed by atoms with E-state index in [0.29, 0.717) is 6.61 Å². The SMILES string of the molecule is O=C(Cl)/C=C/c1ccc(OCc2cccc(Br)c2)c(Br)c1. The maximum atomic E-state index is 10.7. The second-order valence-electron chi connectivity index (χ2n) is 4.25. The van der Waals surface area contributed by atoms with Crippen molar-refractivity contribution in [2.45, 2.75) is 6.61 Å². The number of carbonyl (C=O) groups is 1. The van der Waals surface area contributed by atoms with E-state index in [-0.39, 0.29) is 0 Å². The van der Waals surface area contributed by atoms with Crippen molar-refractivity contribution in [3.05, 3.63) is 68.6 Å². The Morgan fingerprint density at radius 3 is 2.67 bits per heavy atom. The lowest BCUT2D eigenvalue weighted by atomic mass is 10.2. The number of ether oxygens (including phenoxy) is 1. The van der Waals surface area contributed by atoms with Gasteiger partial charge in [-0.05, 0) is 69.0 Å². The predicted octanol–water partition coefficient (Wildman–Crippen LogP) is 5.57. The van der Waals surface area contributed by atoms with Crippen molar-refractivity contribution in [2.24, 2.45) is 0 Å². The van der Waals surface area contributed by atoms with Crippen LogP contribution in [0.15, 0.2) is 57.5 Å². The average molecular weight is 431 g/mol. The van der Waals surface area contributed by atoms with Gasteiger partial charge in [-0.3, -0.25) is 4.79 Å². The van der Waals surface area contributed by atoms with Crippen molar-refractivity contribution in [2.75, 3.05) is 0 Å². The van der Waals surface area contributed by atoms with E-state index in [1.54, 1.807) is 6.08 Å². The highest BCUT2D eigenvalue weighted by molar-refractivity contribution is 9.10. The summed E-state index contributed by atoms with van der Waals surface area (Å²) >= 11 is 12.1. The molecule has 0 radical (unpaired) electrons. The van der Waals surface area contributed by atoms with Gasteiger partial charge in [0.25, 0.3) is 0 Å². The molecule has 2 aromatic rings. The molecule has 0 amide bonds. The first-order valence-electron chi connectivity index (χ1n) is 6.09. The number of hydrogen-bond acceptors (Lipinski definition) is 2. The monoisotopic (exact) mass is 428 g/mol. The summed E-state index contributed by atoms with van der Waals surface area (Å²) in [6.45, 7) is 0.480. The molecular formula is C16H11Br2ClO2. The van der Waals surface area contributed by atoms with Gasteiger partial charge in [0.1, 0.15) is 12.4 Å². The summed E-state index contributed by atoms with van der Waals surface area (Å²) in [6, 6.07) is 13.5. The number of carbonyl (C=O) groups excluding carboxylic acids is 1. The summed E-state index contributed by atoms with van der Waals surface area (Å²) in [5.74, 6) is 0.740. The molecule has 0 spiro atoms. The first kappa shape index (κ1) is 16.3. The van der Waals surface area contributed by atoms with Crippen LogP contribution in [0.1, 0.15) is 11.1 Å². The Morgan fingerprint density at radius 1 is 1.19 bits per heavy atom. The minimum absolute atomic E-state index is 0.480. The Hall–Kier alpha value is -1.10. The lowest BCUT2D eigenvalue weighted by Crippen LogP contribution is -1.96. The number of rotatable bonds is 5. The van der Waals surface area contributed by atoms with Gasteiger partial charge in [-0.15, -0.1) is 0 Å². The van der Waals surface area contributed by atoms with Crippen LogP contribution in [-0.4, -0.2) is 5.24 Å². The van der Waals surface area contributed by atoms with Gasteiger partial charge >= 0.3 is 0 Å². The molecular weight excluding hydrogens is 419 g/mol. The summed E-state index contributed by atoms with van der Waals surface area (Å²) in [5.41, 5.74) is 1.94. The van der Waals surface area contributed by atoms with Gasteiger partial charge in [-0.2, -0.15) is 0 Å². The molecule has 0 bridgehead atoms. The van der Waals surface area contributed by atoms with Crippen LogP contribution in [0.25, 0.3) is 6.08 Å². The summed E-state index contributed by atoms with van der Waals surface area (Å²) in [5, 5.41) is -0.499. The highest BCUT2D eigenvalue weighted by atomic mass is 79.9. The zero-order valence-electron chi connectivity index (χ0n) is 10.9. The van der Waals surface area contributed by atoms with Crippen molar-refractivity contribution in [1.29, 1.82) is 0 Å². The first-order valence-corrected chi connectivity index (χ1v) is 8.05. The van der Waals surface area contributed by atoms with E-state index in [4.69, 9.17) is 16.3 Å². The predicted molar refractivity (Wildman–Crippen MR) is 92.5 cm³/mol. The van der Waals surface area contributed by atoms with Crippen LogP contribution < -0.4 is 4.74 Å². The van der Waals surface area contributed by atoms with E-state index in [2.05, 4.69) is 31.9 Å². The molecule has 0 N–H and O–H groups in total. The van der Waals surface area contributed by atoms with Crippen LogP contribution >= 0.6 is 43.5 Å².